The molecule has 2 saturated heterocycles. The fraction of sp³-hybridized carbons (Fsp3) is 0.348. The Balaban J connectivity index is 1.40. The number of esters is 1. The minimum absolute atomic E-state index is 0.167. The molecule has 8 heteroatoms. The van der Waals surface area contributed by atoms with Gasteiger partial charge in [0.15, 0.2) is 0 Å². The molecule has 1 atom stereocenters. The van der Waals surface area contributed by atoms with Crippen LogP contribution in [-0.2, 0) is 14.3 Å². The molecule has 2 aromatic rings. The molecule has 2 fully saturated rings. The second-order valence-electron chi connectivity index (χ2n) is 7.55. The maximum atomic E-state index is 13.1. The number of piperazine rings is 1. The van der Waals surface area contributed by atoms with E-state index in [9.17, 15) is 14.4 Å². The Morgan fingerprint density at radius 2 is 1.48 bits per heavy atom. The molecular formula is C23H25N3O5. The van der Waals surface area contributed by atoms with Crippen LogP contribution < -0.4 is 14.5 Å². The van der Waals surface area contributed by atoms with Crippen molar-refractivity contribution in [2.75, 3.05) is 50.2 Å². The van der Waals surface area contributed by atoms with E-state index in [4.69, 9.17) is 4.74 Å². The first-order valence-corrected chi connectivity index (χ1v) is 10.2. The summed E-state index contributed by atoms with van der Waals surface area (Å²) in [4.78, 5) is 42.9. The summed E-state index contributed by atoms with van der Waals surface area (Å²) in [7, 11) is 2.95. The Kier molecular flexibility index (Phi) is 5.90. The monoisotopic (exact) mass is 423 g/mol. The normalized spacial score (nSPS) is 19.6. The molecule has 0 aliphatic carbocycles. The molecular weight excluding hydrogens is 398 g/mol. The Morgan fingerprint density at radius 1 is 0.871 bits per heavy atom. The van der Waals surface area contributed by atoms with E-state index in [1.54, 1.807) is 31.4 Å². The molecule has 31 heavy (non-hydrogen) atoms. The Morgan fingerprint density at radius 3 is 2.06 bits per heavy atom. The van der Waals surface area contributed by atoms with Crippen LogP contribution in [0.4, 0.5) is 11.4 Å². The van der Waals surface area contributed by atoms with Gasteiger partial charge in [-0.3, -0.25) is 14.5 Å². The quantitative estimate of drug-likeness (QED) is 0.537. The number of nitrogens with zero attached hydrogens (tertiary/aromatic N) is 3. The summed E-state index contributed by atoms with van der Waals surface area (Å²) in [5.74, 6) is -0.0810. The van der Waals surface area contributed by atoms with Crippen LogP contribution in [-0.4, -0.2) is 69.1 Å². The number of hydrogen-bond acceptors (Lipinski definition) is 7. The lowest BCUT2D eigenvalue weighted by Crippen LogP contribution is -2.52. The summed E-state index contributed by atoms with van der Waals surface area (Å²) >= 11 is 0. The van der Waals surface area contributed by atoms with Gasteiger partial charge in [-0.05, 0) is 48.5 Å². The van der Waals surface area contributed by atoms with Crippen molar-refractivity contribution in [3.05, 3.63) is 54.1 Å². The molecule has 0 saturated carbocycles. The number of amides is 2. The number of hydrogen-bond donors (Lipinski definition) is 0. The van der Waals surface area contributed by atoms with Gasteiger partial charge in [0.2, 0.25) is 5.91 Å². The van der Waals surface area contributed by atoms with Crippen LogP contribution in [0, 0.1) is 0 Å². The van der Waals surface area contributed by atoms with Crippen molar-refractivity contribution in [3.8, 4) is 5.75 Å². The number of carbonyl (C=O) groups excluding carboxylic acids is 3. The van der Waals surface area contributed by atoms with E-state index < -0.39 is 12.0 Å². The van der Waals surface area contributed by atoms with Gasteiger partial charge in [-0.15, -0.1) is 0 Å². The zero-order valence-corrected chi connectivity index (χ0v) is 17.6. The largest absolute Gasteiger partial charge is 0.497 e. The van der Waals surface area contributed by atoms with Crippen LogP contribution in [0.1, 0.15) is 16.8 Å². The summed E-state index contributed by atoms with van der Waals surface area (Å²) in [5.41, 5.74) is 1.96. The lowest BCUT2D eigenvalue weighted by atomic mass is 10.1. The SMILES string of the molecule is COC(=O)c1ccc(N2C(=O)C[C@H](N3CCN(c4ccc(OC)cc4)CC3)C2=O)cc1. The van der Waals surface area contributed by atoms with Crippen molar-refractivity contribution >= 4 is 29.2 Å². The number of anilines is 2. The molecule has 0 spiro atoms. The predicted octanol–water partition coefficient (Wildman–Crippen LogP) is 1.94. The number of carbonyl (C=O) groups is 3. The van der Waals surface area contributed by atoms with E-state index in [1.807, 2.05) is 24.3 Å². The highest BCUT2D eigenvalue weighted by Crippen LogP contribution is 2.28. The molecule has 2 aromatic carbocycles. The highest BCUT2D eigenvalue weighted by atomic mass is 16.5. The van der Waals surface area contributed by atoms with E-state index in [-0.39, 0.29) is 18.2 Å². The summed E-state index contributed by atoms with van der Waals surface area (Å²) in [5, 5.41) is 0. The van der Waals surface area contributed by atoms with Crippen LogP contribution in [0.25, 0.3) is 0 Å². The molecule has 2 aliphatic heterocycles. The Hall–Kier alpha value is -3.39. The fourth-order valence-electron chi connectivity index (χ4n) is 4.12. The van der Waals surface area contributed by atoms with Gasteiger partial charge in [0, 0.05) is 31.9 Å². The number of methoxy groups -OCH3 is 2. The van der Waals surface area contributed by atoms with Crippen molar-refractivity contribution in [2.24, 2.45) is 0 Å². The predicted molar refractivity (Wildman–Crippen MR) is 115 cm³/mol. The van der Waals surface area contributed by atoms with Crippen molar-refractivity contribution in [1.29, 1.82) is 0 Å². The van der Waals surface area contributed by atoms with Gasteiger partial charge in [-0.1, -0.05) is 0 Å². The number of imide groups is 1. The molecule has 0 bridgehead atoms. The highest BCUT2D eigenvalue weighted by molar-refractivity contribution is 6.22. The van der Waals surface area contributed by atoms with Crippen molar-refractivity contribution < 1.29 is 23.9 Å². The standard InChI is InChI=1S/C23H25N3O5/c1-30-19-9-7-17(8-10-19)24-11-13-25(14-12-24)20-15-21(27)26(22(20)28)18-5-3-16(4-6-18)23(29)31-2/h3-10,20H,11-15H2,1-2H3/t20-/m0/s1. The van der Waals surface area contributed by atoms with Gasteiger partial charge in [0.05, 0.1) is 37.9 Å². The smallest absolute Gasteiger partial charge is 0.337 e. The molecule has 0 N–H and O–H groups in total. The molecule has 8 nitrogen and oxygen atoms in total. The summed E-state index contributed by atoms with van der Waals surface area (Å²) in [6, 6.07) is 13.8. The Bertz CT molecular complexity index is 966. The van der Waals surface area contributed by atoms with Gasteiger partial charge in [-0.2, -0.15) is 0 Å². The van der Waals surface area contributed by atoms with Gasteiger partial charge in [-0.25, -0.2) is 9.69 Å². The molecule has 0 radical (unpaired) electrons. The average Bonchev–Trinajstić information content (AvgIpc) is 3.12. The lowest BCUT2D eigenvalue weighted by molar-refractivity contribution is -0.123. The van der Waals surface area contributed by atoms with Crippen LogP contribution in [0.3, 0.4) is 0 Å². The first-order chi connectivity index (χ1) is 15.0. The second kappa shape index (κ2) is 8.77. The van der Waals surface area contributed by atoms with E-state index in [1.165, 1.54) is 12.0 Å². The Labute approximate surface area is 180 Å². The maximum absolute atomic E-state index is 13.1. The molecule has 2 heterocycles. The number of rotatable bonds is 5. The maximum Gasteiger partial charge on any atom is 0.337 e. The fourth-order valence-corrected chi connectivity index (χ4v) is 4.12. The topological polar surface area (TPSA) is 79.4 Å². The molecule has 4 rings (SSSR count). The zero-order valence-electron chi connectivity index (χ0n) is 17.6. The summed E-state index contributed by atoms with van der Waals surface area (Å²) < 4.78 is 9.90. The van der Waals surface area contributed by atoms with Crippen molar-refractivity contribution in [2.45, 2.75) is 12.5 Å². The van der Waals surface area contributed by atoms with Crippen LogP contribution in [0.5, 0.6) is 5.75 Å². The van der Waals surface area contributed by atoms with Gasteiger partial charge in [0.1, 0.15) is 5.75 Å². The van der Waals surface area contributed by atoms with Crippen molar-refractivity contribution in [1.82, 2.24) is 4.90 Å². The minimum atomic E-state index is -0.460. The zero-order chi connectivity index (χ0) is 22.0. The summed E-state index contributed by atoms with van der Waals surface area (Å²) in [6.07, 6.45) is 0.167. The van der Waals surface area contributed by atoms with Gasteiger partial charge >= 0.3 is 5.97 Å². The minimum Gasteiger partial charge on any atom is -0.497 e. The van der Waals surface area contributed by atoms with E-state index in [2.05, 4.69) is 14.5 Å². The molecule has 162 valence electrons. The average molecular weight is 423 g/mol. The molecule has 0 aromatic heterocycles. The van der Waals surface area contributed by atoms with E-state index >= 15 is 0 Å². The number of ether oxygens (including phenoxy) is 2. The first kappa shape index (κ1) is 20.9. The molecule has 2 aliphatic rings. The van der Waals surface area contributed by atoms with Crippen molar-refractivity contribution in [3.63, 3.8) is 0 Å². The number of benzene rings is 2. The molecule has 0 unspecified atom stereocenters. The lowest BCUT2D eigenvalue weighted by Gasteiger charge is -2.38. The van der Waals surface area contributed by atoms with E-state index in [0.717, 1.165) is 24.5 Å². The van der Waals surface area contributed by atoms with Crippen LogP contribution >= 0.6 is 0 Å². The third-order valence-corrected chi connectivity index (χ3v) is 5.86. The van der Waals surface area contributed by atoms with Gasteiger partial charge < -0.3 is 14.4 Å². The van der Waals surface area contributed by atoms with Crippen LogP contribution in [0.15, 0.2) is 48.5 Å². The highest BCUT2D eigenvalue weighted by Gasteiger charge is 2.43. The summed E-state index contributed by atoms with van der Waals surface area (Å²) in [6.45, 7) is 2.95. The van der Waals surface area contributed by atoms with Crippen LogP contribution in [0.2, 0.25) is 0 Å². The third kappa shape index (κ3) is 4.11. The second-order valence-corrected chi connectivity index (χ2v) is 7.55. The third-order valence-electron chi connectivity index (χ3n) is 5.86. The first-order valence-electron chi connectivity index (χ1n) is 10.2. The van der Waals surface area contributed by atoms with Gasteiger partial charge in [0.25, 0.3) is 5.91 Å². The molecule has 2 amide bonds. The van der Waals surface area contributed by atoms with E-state index in [0.29, 0.717) is 24.3 Å².